The first kappa shape index (κ1) is 26.0. The lowest BCUT2D eigenvalue weighted by Gasteiger charge is -2.20. The second kappa shape index (κ2) is 10.1. The molecule has 3 aromatic rings. The number of nitrogens with two attached hydrogens (primary N) is 1. The van der Waals surface area contributed by atoms with Gasteiger partial charge in [-0.2, -0.15) is 0 Å². The Bertz CT molecular complexity index is 1210. The highest BCUT2D eigenvalue weighted by atomic mass is 35.5. The molecular weight excluding hydrogens is 451 g/mol. The Hall–Kier alpha value is -2.26. The Morgan fingerprint density at radius 2 is 1.84 bits per heavy atom. The molecule has 6 nitrogen and oxygen atoms in total. The maximum absolute atomic E-state index is 14.2. The van der Waals surface area contributed by atoms with E-state index in [2.05, 4.69) is 4.72 Å². The van der Waals surface area contributed by atoms with Crippen molar-refractivity contribution in [3.63, 3.8) is 0 Å². The Balaban J connectivity index is 0.00000363. The van der Waals surface area contributed by atoms with Gasteiger partial charge in [-0.3, -0.25) is 0 Å². The zero-order valence-corrected chi connectivity index (χ0v) is 20.4. The number of rotatable bonds is 7. The molecule has 0 amide bonds. The maximum atomic E-state index is 14.2. The number of hydrogen-bond acceptors (Lipinski definition) is 4. The fraction of sp³-hybridized carbons (Fsp3) is 0.348. The molecular formula is C23H30ClFN4O2S. The van der Waals surface area contributed by atoms with E-state index in [1.54, 1.807) is 45.0 Å². The average molecular weight is 481 g/mol. The van der Waals surface area contributed by atoms with Crippen LogP contribution >= 0.6 is 12.4 Å². The van der Waals surface area contributed by atoms with Crippen LogP contribution in [-0.2, 0) is 23.0 Å². The summed E-state index contributed by atoms with van der Waals surface area (Å²) >= 11 is 0. The van der Waals surface area contributed by atoms with Crippen molar-refractivity contribution in [3.8, 4) is 11.1 Å². The summed E-state index contributed by atoms with van der Waals surface area (Å²) in [5.41, 5.74) is 8.14. The minimum Gasteiger partial charge on any atom is -0.327 e. The van der Waals surface area contributed by atoms with Crippen molar-refractivity contribution in [2.75, 3.05) is 6.54 Å². The third kappa shape index (κ3) is 5.75. The second-order valence-corrected chi connectivity index (χ2v) is 10.1. The molecule has 3 rings (SSSR count). The number of nitrogens with one attached hydrogen (secondary N) is 1. The van der Waals surface area contributed by atoms with E-state index in [0.717, 1.165) is 28.0 Å². The highest BCUT2D eigenvalue weighted by Crippen LogP contribution is 2.30. The molecule has 0 unspecified atom stereocenters. The minimum atomic E-state index is -3.61. The molecule has 1 aromatic heterocycles. The number of halogens is 2. The fourth-order valence-electron chi connectivity index (χ4n) is 3.49. The molecule has 9 heteroatoms. The van der Waals surface area contributed by atoms with E-state index in [4.69, 9.17) is 10.7 Å². The van der Waals surface area contributed by atoms with E-state index >= 15 is 0 Å². The number of para-hydroxylation sites is 1. The Kier molecular flexibility index (Phi) is 8.22. The topological polar surface area (TPSA) is 90.0 Å². The maximum Gasteiger partial charge on any atom is 0.241 e. The summed E-state index contributed by atoms with van der Waals surface area (Å²) in [6.07, 6.45) is 2.01. The number of allylic oxidation sites excluding steroid dienone is 1. The van der Waals surface area contributed by atoms with Gasteiger partial charge in [0.15, 0.2) is 0 Å². The van der Waals surface area contributed by atoms with Crippen molar-refractivity contribution in [1.82, 2.24) is 14.3 Å². The van der Waals surface area contributed by atoms with Gasteiger partial charge in [0.25, 0.3) is 0 Å². The summed E-state index contributed by atoms with van der Waals surface area (Å²) in [6, 6.07) is 12.4. The molecule has 0 spiro atoms. The number of nitrogens with zero attached hydrogens (tertiary/aromatic N) is 2. The van der Waals surface area contributed by atoms with E-state index in [0.29, 0.717) is 6.42 Å². The molecule has 0 radical (unpaired) electrons. The predicted molar refractivity (Wildman–Crippen MR) is 130 cm³/mol. The standard InChI is InChI=1S/C23H29FN4O2S.ClH/c1-5-21-26-22-19(7-6-8-20(22)28(21)15-17(24)13-14-25)16-9-11-18(12-10-16)31(29,30)27-23(2,3)4;/h6-13,27H,5,14-15,25H2,1-4H3;1H/b17-13-;. The molecule has 0 bridgehead atoms. The van der Waals surface area contributed by atoms with Crippen molar-refractivity contribution in [2.24, 2.45) is 5.73 Å². The first-order valence-corrected chi connectivity index (χ1v) is 11.7. The van der Waals surface area contributed by atoms with Crippen LogP contribution in [0.4, 0.5) is 4.39 Å². The van der Waals surface area contributed by atoms with Gasteiger partial charge >= 0.3 is 0 Å². The first-order chi connectivity index (χ1) is 14.6. The number of aryl methyl sites for hydroxylation is 1. The number of sulfonamides is 1. The van der Waals surface area contributed by atoms with Crippen molar-refractivity contribution < 1.29 is 12.8 Å². The van der Waals surface area contributed by atoms with Crippen molar-refractivity contribution in [1.29, 1.82) is 0 Å². The van der Waals surface area contributed by atoms with Gasteiger partial charge < -0.3 is 10.3 Å². The van der Waals surface area contributed by atoms with Gasteiger partial charge in [0, 0.05) is 24.1 Å². The molecule has 0 aliphatic heterocycles. The van der Waals surface area contributed by atoms with Crippen molar-refractivity contribution in [3.05, 3.63) is 60.2 Å². The van der Waals surface area contributed by atoms with E-state index in [9.17, 15) is 12.8 Å². The average Bonchev–Trinajstić information content (AvgIpc) is 3.04. The number of benzene rings is 2. The molecule has 32 heavy (non-hydrogen) atoms. The third-order valence-corrected chi connectivity index (χ3v) is 6.51. The number of hydrogen-bond donors (Lipinski definition) is 2. The van der Waals surface area contributed by atoms with Gasteiger partial charge in [-0.25, -0.2) is 22.5 Å². The SMILES string of the molecule is CCc1nc2c(-c3ccc(S(=O)(=O)NC(C)(C)C)cc3)cccc2n1C/C(F)=C/CN.Cl. The van der Waals surface area contributed by atoms with Crippen LogP contribution in [0, 0.1) is 0 Å². The predicted octanol–water partition coefficient (Wildman–Crippen LogP) is 4.58. The Morgan fingerprint density at radius 3 is 2.41 bits per heavy atom. The van der Waals surface area contributed by atoms with E-state index in [1.807, 2.05) is 29.7 Å². The monoisotopic (exact) mass is 480 g/mol. The van der Waals surface area contributed by atoms with Crippen LogP contribution in [0.2, 0.25) is 0 Å². The van der Waals surface area contributed by atoms with Gasteiger partial charge in [0.05, 0.1) is 22.5 Å². The smallest absolute Gasteiger partial charge is 0.241 e. The molecule has 0 aliphatic carbocycles. The quantitative estimate of drug-likeness (QED) is 0.518. The zero-order valence-electron chi connectivity index (χ0n) is 18.7. The summed E-state index contributed by atoms with van der Waals surface area (Å²) in [6.45, 7) is 7.59. The normalized spacial score (nSPS) is 12.8. The molecule has 0 saturated carbocycles. The van der Waals surface area contributed by atoms with Gasteiger partial charge in [-0.1, -0.05) is 31.2 Å². The molecule has 3 N–H and O–H groups in total. The molecule has 0 fully saturated rings. The zero-order chi connectivity index (χ0) is 22.8. The summed E-state index contributed by atoms with van der Waals surface area (Å²) < 4.78 is 43.8. The number of aromatic nitrogens is 2. The van der Waals surface area contributed by atoms with Crippen LogP contribution in [0.1, 0.15) is 33.5 Å². The minimum absolute atomic E-state index is 0. The van der Waals surface area contributed by atoms with Gasteiger partial charge in [0.1, 0.15) is 11.7 Å². The summed E-state index contributed by atoms with van der Waals surface area (Å²) in [5.74, 6) is 0.472. The van der Waals surface area contributed by atoms with Crippen LogP contribution in [0.3, 0.4) is 0 Å². The summed E-state index contributed by atoms with van der Waals surface area (Å²) in [4.78, 5) is 4.95. The third-order valence-electron chi connectivity index (χ3n) is 4.74. The lowest BCUT2D eigenvalue weighted by molar-refractivity contribution is 0.491. The molecule has 0 aliphatic rings. The molecule has 0 saturated heterocycles. The fourth-order valence-corrected chi connectivity index (χ4v) is 4.91. The second-order valence-electron chi connectivity index (χ2n) is 8.41. The van der Waals surface area contributed by atoms with E-state index in [1.165, 1.54) is 6.08 Å². The van der Waals surface area contributed by atoms with Crippen LogP contribution in [-0.4, -0.2) is 30.1 Å². The van der Waals surface area contributed by atoms with E-state index < -0.39 is 15.6 Å². The highest BCUT2D eigenvalue weighted by Gasteiger charge is 2.22. The van der Waals surface area contributed by atoms with Crippen LogP contribution in [0.25, 0.3) is 22.2 Å². The first-order valence-electron chi connectivity index (χ1n) is 10.2. The van der Waals surface area contributed by atoms with Gasteiger partial charge in [-0.15, -0.1) is 12.4 Å². The molecule has 0 atom stereocenters. The van der Waals surface area contributed by atoms with E-state index in [-0.39, 0.29) is 36.2 Å². The number of fused-ring (bicyclic) bond motifs is 1. The van der Waals surface area contributed by atoms with Crippen LogP contribution < -0.4 is 10.5 Å². The molecule has 174 valence electrons. The van der Waals surface area contributed by atoms with Crippen molar-refractivity contribution >= 4 is 33.5 Å². The summed E-state index contributed by atoms with van der Waals surface area (Å²) in [5, 5.41) is 0. The number of imidazole rings is 1. The van der Waals surface area contributed by atoms with Gasteiger partial charge in [0.2, 0.25) is 10.0 Å². The highest BCUT2D eigenvalue weighted by molar-refractivity contribution is 7.89. The largest absolute Gasteiger partial charge is 0.327 e. The summed E-state index contributed by atoms with van der Waals surface area (Å²) in [7, 11) is -3.61. The van der Waals surface area contributed by atoms with Crippen LogP contribution in [0.15, 0.2) is 59.3 Å². The Labute approximate surface area is 195 Å². The van der Waals surface area contributed by atoms with Crippen LogP contribution in [0.5, 0.6) is 0 Å². The lowest BCUT2D eigenvalue weighted by atomic mass is 10.0. The Morgan fingerprint density at radius 1 is 1.19 bits per heavy atom. The van der Waals surface area contributed by atoms with Crippen molar-refractivity contribution in [2.45, 2.75) is 51.1 Å². The molecule has 1 heterocycles. The van der Waals surface area contributed by atoms with Gasteiger partial charge in [-0.05, 0) is 50.6 Å². The molecule has 2 aromatic carbocycles. The lowest BCUT2D eigenvalue weighted by Crippen LogP contribution is -2.40.